The zero-order chi connectivity index (χ0) is 20.9. The molecule has 2 aromatic rings. The van der Waals surface area contributed by atoms with Crippen LogP contribution in [0.1, 0.15) is 18.6 Å². The van der Waals surface area contributed by atoms with Crippen LogP contribution in [0.5, 0.6) is 0 Å². The predicted octanol–water partition coefficient (Wildman–Crippen LogP) is -0.510. The number of sulfonamides is 1. The molecule has 1 unspecified atom stereocenters. The molecule has 0 spiro atoms. The Labute approximate surface area is 169 Å². The number of carbonyl (C=O) groups is 2. The van der Waals surface area contributed by atoms with Gasteiger partial charge in [0, 0.05) is 11.7 Å². The van der Waals surface area contributed by atoms with E-state index in [-0.39, 0.29) is 42.4 Å². The van der Waals surface area contributed by atoms with Gasteiger partial charge in [0.2, 0.25) is 10.0 Å². The minimum absolute atomic E-state index is 0.0308. The number of rotatable bonds is 10. The van der Waals surface area contributed by atoms with Gasteiger partial charge in [-0.05, 0) is 43.2 Å². The lowest BCUT2D eigenvalue weighted by Gasteiger charge is -2.14. The number of nitrogens with one attached hydrogen (secondary N) is 4. The normalized spacial score (nSPS) is 14.9. The topological polar surface area (TPSA) is 122 Å². The third kappa shape index (κ3) is 6.70. The second kappa shape index (κ2) is 9.21. The summed E-state index contributed by atoms with van der Waals surface area (Å²) in [5, 5.41) is 5.56. The van der Waals surface area contributed by atoms with E-state index in [9.17, 15) is 18.0 Å². The molecule has 0 aliphatic heterocycles. The van der Waals surface area contributed by atoms with Crippen LogP contribution >= 0.6 is 0 Å². The van der Waals surface area contributed by atoms with Crippen molar-refractivity contribution in [2.45, 2.75) is 30.3 Å². The van der Waals surface area contributed by atoms with E-state index in [0.717, 1.165) is 17.7 Å². The van der Waals surface area contributed by atoms with Crippen molar-refractivity contribution in [1.82, 2.24) is 10.0 Å². The molecule has 0 bridgehead atoms. The molecule has 1 fully saturated rings. The monoisotopic (exact) mass is 421 g/mol. The molecular formula is C19H25N4O5S+. The average molecular weight is 421 g/mol. The first-order valence-corrected chi connectivity index (χ1v) is 10.8. The fraction of sp³-hybridized carbons (Fsp3) is 0.368. The first-order chi connectivity index (χ1) is 13.8. The summed E-state index contributed by atoms with van der Waals surface area (Å²) in [6.45, 7) is 0.323. The molecule has 29 heavy (non-hydrogen) atoms. The van der Waals surface area contributed by atoms with Crippen LogP contribution in [-0.4, -0.2) is 46.4 Å². The van der Waals surface area contributed by atoms with E-state index >= 15 is 0 Å². The highest BCUT2D eigenvalue weighted by atomic mass is 32.2. The van der Waals surface area contributed by atoms with Crippen molar-refractivity contribution >= 4 is 27.5 Å². The van der Waals surface area contributed by atoms with E-state index in [1.54, 1.807) is 31.3 Å². The highest BCUT2D eigenvalue weighted by Gasteiger charge is 2.25. The Morgan fingerprint density at radius 2 is 1.90 bits per heavy atom. The van der Waals surface area contributed by atoms with Gasteiger partial charge in [-0.25, -0.2) is 13.1 Å². The van der Waals surface area contributed by atoms with Crippen LogP contribution < -0.4 is 20.3 Å². The largest absolute Gasteiger partial charge is 0.468 e. The number of likely N-dealkylation sites (N-methyl/N-ethyl adjacent to an activating group) is 1. The Kier molecular flexibility index (Phi) is 6.68. The van der Waals surface area contributed by atoms with E-state index < -0.39 is 10.0 Å². The third-order valence-corrected chi connectivity index (χ3v) is 5.71. The number of anilines is 1. The molecule has 0 radical (unpaired) electrons. The molecule has 1 heterocycles. The van der Waals surface area contributed by atoms with Gasteiger partial charge in [-0.15, -0.1) is 0 Å². The number of furan rings is 1. The van der Waals surface area contributed by atoms with E-state index in [4.69, 9.17) is 4.42 Å². The van der Waals surface area contributed by atoms with Crippen LogP contribution in [0.2, 0.25) is 0 Å². The lowest BCUT2D eigenvalue weighted by atomic mass is 10.3. The van der Waals surface area contributed by atoms with E-state index in [2.05, 4.69) is 15.4 Å². The molecule has 1 atom stereocenters. The number of quaternary nitrogens is 1. The summed E-state index contributed by atoms with van der Waals surface area (Å²) >= 11 is 0. The van der Waals surface area contributed by atoms with Crippen LogP contribution in [-0.2, 0) is 26.2 Å². The maximum atomic E-state index is 12.4. The van der Waals surface area contributed by atoms with Crippen LogP contribution in [0.4, 0.5) is 5.69 Å². The molecule has 4 N–H and O–H groups in total. The molecule has 1 aliphatic rings. The molecule has 10 heteroatoms. The Hall–Kier alpha value is -2.69. The maximum absolute atomic E-state index is 12.4. The van der Waals surface area contributed by atoms with Gasteiger partial charge in [0.15, 0.2) is 13.1 Å². The quantitative estimate of drug-likeness (QED) is 0.412. The van der Waals surface area contributed by atoms with E-state index in [1.165, 1.54) is 18.4 Å². The van der Waals surface area contributed by atoms with Crippen molar-refractivity contribution in [1.29, 1.82) is 0 Å². The minimum atomic E-state index is -3.76. The number of hydrogen-bond donors (Lipinski definition) is 4. The molecule has 0 saturated heterocycles. The molecule has 1 aromatic carbocycles. The van der Waals surface area contributed by atoms with Gasteiger partial charge in [0.05, 0.1) is 24.8 Å². The molecule has 2 amide bonds. The number of hydrogen-bond acceptors (Lipinski definition) is 5. The van der Waals surface area contributed by atoms with Crippen molar-refractivity contribution in [3.05, 3.63) is 48.4 Å². The Balaban J connectivity index is 1.52. The standard InChI is InChI=1S/C19H24N4O5S/c1-23(12-18(24)21-14-7-8-14)13-19(25)22-15-4-2-6-17(10-15)29(26,27)20-11-16-5-3-9-28-16/h2-6,9-10,14,20H,7-8,11-13H2,1H3,(H,21,24)(H,22,25)/p+1. The summed E-state index contributed by atoms with van der Waals surface area (Å²) in [6, 6.07) is 9.62. The second-order valence-electron chi connectivity index (χ2n) is 7.13. The van der Waals surface area contributed by atoms with Crippen molar-refractivity contribution < 1.29 is 27.3 Å². The molecule has 9 nitrogen and oxygen atoms in total. The SMILES string of the molecule is C[NH+](CC(=O)Nc1cccc(S(=O)(=O)NCc2ccco2)c1)CC(=O)NC1CC1. The number of carbonyl (C=O) groups excluding carboxylic acids is 2. The summed E-state index contributed by atoms with van der Waals surface area (Å²) in [5.74, 6) is 0.114. The molecular weight excluding hydrogens is 396 g/mol. The van der Waals surface area contributed by atoms with Crippen LogP contribution in [0.15, 0.2) is 52.0 Å². The minimum Gasteiger partial charge on any atom is -0.468 e. The smallest absolute Gasteiger partial charge is 0.279 e. The van der Waals surface area contributed by atoms with Gasteiger partial charge in [-0.3, -0.25) is 9.59 Å². The van der Waals surface area contributed by atoms with E-state index in [1.807, 2.05) is 0 Å². The third-order valence-electron chi connectivity index (χ3n) is 4.31. The molecule has 3 rings (SSSR count). The molecule has 1 aliphatic carbocycles. The average Bonchev–Trinajstić information content (AvgIpc) is 3.30. The van der Waals surface area contributed by atoms with Gasteiger partial charge in [0.25, 0.3) is 11.8 Å². The zero-order valence-corrected chi connectivity index (χ0v) is 16.9. The number of benzene rings is 1. The first kappa shape index (κ1) is 21.0. The van der Waals surface area contributed by atoms with Gasteiger partial charge in [-0.2, -0.15) is 0 Å². The van der Waals surface area contributed by atoms with Gasteiger partial charge >= 0.3 is 0 Å². The predicted molar refractivity (Wildman–Crippen MR) is 106 cm³/mol. The van der Waals surface area contributed by atoms with Crippen molar-refractivity contribution in [2.75, 3.05) is 25.5 Å². The summed E-state index contributed by atoms with van der Waals surface area (Å²) in [7, 11) is -2.00. The van der Waals surface area contributed by atoms with Gasteiger partial charge < -0.3 is 20.0 Å². The van der Waals surface area contributed by atoms with Crippen molar-refractivity contribution in [3.63, 3.8) is 0 Å². The summed E-state index contributed by atoms with van der Waals surface area (Å²) in [5.41, 5.74) is 0.367. The van der Waals surface area contributed by atoms with Gasteiger partial charge in [0.1, 0.15) is 5.76 Å². The zero-order valence-electron chi connectivity index (χ0n) is 16.1. The van der Waals surface area contributed by atoms with Crippen molar-refractivity contribution in [3.8, 4) is 0 Å². The highest BCUT2D eigenvalue weighted by molar-refractivity contribution is 7.89. The highest BCUT2D eigenvalue weighted by Crippen LogP contribution is 2.18. The van der Waals surface area contributed by atoms with Crippen molar-refractivity contribution in [2.24, 2.45) is 0 Å². The molecule has 1 saturated carbocycles. The van der Waals surface area contributed by atoms with Crippen LogP contribution in [0.25, 0.3) is 0 Å². The first-order valence-electron chi connectivity index (χ1n) is 9.34. The van der Waals surface area contributed by atoms with Crippen LogP contribution in [0.3, 0.4) is 0 Å². The fourth-order valence-corrected chi connectivity index (χ4v) is 3.76. The fourth-order valence-electron chi connectivity index (χ4n) is 2.73. The Bertz CT molecular complexity index is 955. The summed E-state index contributed by atoms with van der Waals surface area (Å²) in [4.78, 5) is 24.8. The Morgan fingerprint density at radius 1 is 1.14 bits per heavy atom. The lowest BCUT2D eigenvalue weighted by Crippen LogP contribution is -3.11. The van der Waals surface area contributed by atoms with E-state index in [0.29, 0.717) is 11.4 Å². The molecule has 156 valence electrons. The summed E-state index contributed by atoms with van der Waals surface area (Å²) in [6.07, 6.45) is 3.50. The second-order valence-corrected chi connectivity index (χ2v) is 8.90. The lowest BCUT2D eigenvalue weighted by molar-refractivity contribution is -0.862. The maximum Gasteiger partial charge on any atom is 0.279 e. The number of amides is 2. The summed E-state index contributed by atoms with van der Waals surface area (Å²) < 4.78 is 32.5. The Morgan fingerprint density at radius 3 is 2.59 bits per heavy atom. The van der Waals surface area contributed by atoms with Crippen LogP contribution in [0, 0.1) is 0 Å². The molecule has 1 aromatic heterocycles. The van der Waals surface area contributed by atoms with Gasteiger partial charge in [-0.1, -0.05) is 6.07 Å².